The zero-order valence-electron chi connectivity index (χ0n) is 15.3. The van der Waals surface area contributed by atoms with Crippen LogP contribution in [0.15, 0.2) is 36.4 Å². The summed E-state index contributed by atoms with van der Waals surface area (Å²) in [4.78, 5) is 15.5. The third-order valence-corrected chi connectivity index (χ3v) is 4.80. The number of hydrogen-bond acceptors (Lipinski definition) is 5. The van der Waals surface area contributed by atoms with Crippen molar-refractivity contribution in [2.24, 2.45) is 0 Å². The van der Waals surface area contributed by atoms with Gasteiger partial charge in [-0.25, -0.2) is 4.68 Å². The predicted molar refractivity (Wildman–Crippen MR) is 102 cm³/mol. The van der Waals surface area contributed by atoms with Gasteiger partial charge in [0, 0.05) is 32.7 Å². The van der Waals surface area contributed by atoms with Crippen LogP contribution in [0.1, 0.15) is 17.0 Å². The Bertz CT molecular complexity index is 777. The van der Waals surface area contributed by atoms with E-state index in [4.69, 9.17) is 0 Å². The molecule has 0 N–H and O–H groups in total. The molecule has 26 heavy (non-hydrogen) atoms. The van der Waals surface area contributed by atoms with Crippen molar-refractivity contribution in [1.29, 1.82) is 0 Å². The number of rotatable bonds is 6. The minimum atomic E-state index is -0.342. The van der Waals surface area contributed by atoms with Gasteiger partial charge >= 0.3 is 5.69 Å². The first-order valence-corrected chi connectivity index (χ1v) is 8.89. The highest BCUT2D eigenvalue weighted by molar-refractivity contribution is 5.48. The second-order valence-electron chi connectivity index (χ2n) is 6.65. The SMILES string of the molecule is Cc1nn(CN2CCN(CC=Cc3ccccc3)CC2)c(C)c1[N+](=O)[O-]. The van der Waals surface area contributed by atoms with E-state index in [1.165, 1.54) is 5.56 Å². The molecule has 0 bridgehead atoms. The van der Waals surface area contributed by atoms with E-state index in [2.05, 4.69) is 39.2 Å². The number of piperazine rings is 1. The fourth-order valence-electron chi connectivity index (χ4n) is 3.29. The molecule has 1 aliphatic heterocycles. The van der Waals surface area contributed by atoms with E-state index in [-0.39, 0.29) is 10.6 Å². The van der Waals surface area contributed by atoms with Crippen LogP contribution in [0.2, 0.25) is 0 Å². The fourth-order valence-corrected chi connectivity index (χ4v) is 3.29. The Morgan fingerprint density at radius 2 is 1.77 bits per heavy atom. The maximum absolute atomic E-state index is 11.1. The summed E-state index contributed by atoms with van der Waals surface area (Å²) in [5.74, 6) is 0. The largest absolute Gasteiger partial charge is 0.312 e. The lowest BCUT2D eigenvalue weighted by Crippen LogP contribution is -2.46. The molecule has 1 saturated heterocycles. The van der Waals surface area contributed by atoms with Gasteiger partial charge in [0.15, 0.2) is 0 Å². The Morgan fingerprint density at radius 1 is 1.12 bits per heavy atom. The molecule has 2 heterocycles. The Labute approximate surface area is 153 Å². The van der Waals surface area contributed by atoms with Crippen molar-refractivity contribution in [3.05, 3.63) is 63.5 Å². The number of benzene rings is 1. The molecule has 3 rings (SSSR count). The normalized spacial score (nSPS) is 16.4. The summed E-state index contributed by atoms with van der Waals surface area (Å²) in [6, 6.07) is 10.3. The van der Waals surface area contributed by atoms with E-state index in [0.29, 0.717) is 18.1 Å². The smallest absolute Gasteiger partial charge is 0.297 e. The molecular weight excluding hydrogens is 330 g/mol. The van der Waals surface area contributed by atoms with E-state index in [0.717, 1.165) is 32.7 Å². The van der Waals surface area contributed by atoms with E-state index in [9.17, 15) is 10.1 Å². The number of nitrogens with zero attached hydrogens (tertiary/aromatic N) is 5. The minimum absolute atomic E-state index is 0.134. The molecule has 0 amide bonds. The van der Waals surface area contributed by atoms with Gasteiger partial charge in [0.2, 0.25) is 0 Å². The molecule has 1 aromatic carbocycles. The molecule has 1 aliphatic rings. The van der Waals surface area contributed by atoms with Crippen LogP contribution in [0.4, 0.5) is 5.69 Å². The molecule has 2 aromatic rings. The van der Waals surface area contributed by atoms with E-state index < -0.39 is 0 Å². The van der Waals surface area contributed by atoms with Crippen LogP contribution in [0.25, 0.3) is 6.08 Å². The van der Waals surface area contributed by atoms with Crippen LogP contribution in [0.3, 0.4) is 0 Å². The first-order valence-electron chi connectivity index (χ1n) is 8.89. The molecular formula is C19H25N5O2. The van der Waals surface area contributed by atoms with E-state index in [1.807, 2.05) is 18.2 Å². The van der Waals surface area contributed by atoms with Crippen molar-refractivity contribution in [3.8, 4) is 0 Å². The lowest BCUT2D eigenvalue weighted by molar-refractivity contribution is -0.386. The second kappa shape index (κ2) is 8.25. The molecule has 1 fully saturated rings. The average Bonchev–Trinajstić information content (AvgIpc) is 2.91. The van der Waals surface area contributed by atoms with Crippen LogP contribution in [0, 0.1) is 24.0 Å². The van der Waals surface area contributed by atoms with Gasteiger partial charge in [0.05, 0.1) is 11.6 Å². The molecule has 7 heteroatoms. The van der Waals surface area contributed by atoms with Gasteiger partial charge in [-0.05, 0) is 19.4 Å². The van der Waals surface area contributed by atoms with E-state index >= 15 is 0 Å². The third-order valence-electron chi connectivity index (χ3n) is 4.80. The van der Waals surface area contributed by atoms with Gasteiger partial charge in [0.1, 0.15) is 11.4 Å². The fraction of sp³-hybridized carbons (Fsp3) is 0.421. The lowest BCUT2D eigenvalue weighted by atomic mass is 10.2. The molecule has 0 aliphatic carbocycles. The molecule has 1 aromatic heterocycles. The molecule has 7 nitrogen and oxygen atoms in total. The van der Waals surface area contributed by atoms with Gasteiger partial charge in [-0.3, -0.25) is 19.9 Å². The zero-order chi connectivity index (χ0) is 18.5. The Kier molecular flexibility index (Phi) is 5.80. The predicted octanol–water partition coefficient (Wildman–Crippen LogP) is 2.70. The Balaban J connectivity index is 1.49. The van der Waals surface area contributed by atoms with Crippen molar-refractivity contribution in [1.82, 2.24) is 19.6 Å². The summed E-state index contributed by atoms with van der Waals surface area (Å²) in [5, 5.41) is 15.5. The van der Waals surface area contributed by atoms with Crippen LogP contribution in [-0.4, -0.2) is 57.2 Å². The highest BCUT2D eigenvalue weighted by atomic mass is 16.6. The van der Waals surface area contributed by atoms with Crippen molar-refractivity contribution < 1.29 is 4.92 Å². The number of aromatic nitrogens is 2. The highest BCUT2D eigenvalue weighted by Gasteiger charge is 2.23. The average molecular weight is 355 g/mol. The van der Waals surface area contributed by atoms with Crippen LogP contribution in [0.5, 0.6) is 0 Å². The third kappa shape index (κ3) is 4.36. The number of aryl methyl sites for hydroxylation is 1. The van der Waals surface area contributed by atoms with Crippen molar-refractivity contribution in [2.45, 2.75) is 20.5 Å². The van der Waals surface area contributed by atoms with Gasteiger partial charge in [-0.15, -0.1) is 0 Å². The second-order valence-corrected chi connectivity index (χ2v) is 6.65. The van der Waals surface area contributed by atoms with Crippen LogP contribution in [-0.2, 0) is 6.67 Å². The molecule has 138 valence electrons. The van der Waals surface area contributed by atoms with Crippen LogP contribution < -0.4 is 0 Å². The number of hydrogen-bond donors (Lipinski definition) is 0. The summed E-state index contributed by atoms with van der Waals surface area (Å²) in [6.07, 6.45) is 4.36. The standard InChI is InChI=1S/C19H25N5O2/c1-16-19(24(25)26)17(2)23(20-16)15-22-13-11-21(12-14-22)10-6-9-18-7-4-3-5-8-18/h3-9H,10-15H2,1-2H3. The van der Waals surface area contributed by atoms with Gasteiger partial charge in [0.25, 0.3) is 0 Å². The van der Waals surface area contributed by atoms with Gasteiger partial charge in [-0.2, -0.15) is 5.10 Å². The lowest BCUT2D eigenvalue weighted by Gasteiger charge is -2.34. The quantitative estimate of drug-likeness (QED) is 0.589. The molecule has 0 unspecified atom stereocenters. The molecule has 0 spiro atoms. The molecule has 0 atom stereocenters. The summed E-state index contributed by atoms with van der Waals surface area (Å²) < 4.78 is 1.75. The summed E-state index contributed by atoms with van der Waals surface area (Å²) in [6.45, 7) is 8.85. The van der Waals surface area contributed by atoms with Crippen molar-refractivity contribution in [3.63, 3.8) is 0 Å². The van der Waals surface area contributed by atoms with Gasteiger partial charge in [-0.1, -0.05) is 42.5 Å². The van der Waals surface area contributed by atoms with Gasteiger partial charge < -0.3 is 0 Å². The van der Waals surface area contributed by atoms with Crippen molar-refractivity contribution >= 4 is 11.8 Å². The summed E-state index contributed by atoms with van der Waals surface area (Å²) >= 11 is 0. The maximum Gasteiger partial charge on any atom is 0.312 e. The molecule has 0 radical (unpaired) electrons. The molecule has 0 saturated carbocycles. The van der Waals surface area contributed by atoms with Crippen molar-refractivity contribution in [2.75, 3.05) is 32.7 Å². The monoisotopic (exact) mass is 355 g/mol. The maximum atomic E-state index is 11.1. The highest BCUT2D eigenvalue weighted by Crippen LogP contribution is 2.22. The van der Waals surface area contributed by atoms with Crippen LogP contribution >= 0.6 is 0 Å². The summed E-state index contributed by atoms with van der Waals surface area (Å²) in [5.41, 5.74) is 2.46. The number of nitro groups is 1. The topological polar surface area (TPSA) is 67.4 Å². The first kappa shape index (κ1) is 18.3. The Morgan fingerprint density at radius 3 is 2.38 bits per heavy atom. The minimum Gasteiger partial charge on any atom is -0.297 e. The zero-order valence-corrected chi connectivity index (χ0v) is 15.3. The first-order chi connectivity index (χ1) is 12.5. The Hall–Kier alpha value is -2.51. The summed E-state index contributed by atoms with van der Waals surface area (Å²) in [7, 11) is 0. The van der Waals surface area contributed by atoms with E-state index in [1.54, 1.807) is 18.5 Å².